The van der Waals surface area contributed by atoms with Gasteiger partial charge >= 0.3 is 5.63 Å². The summed E-state index contributed by atoms with van der Waals surface area (Å²) in [6.45, 7) is 3.66. The molecule has 2 N–H and O–H groups in total. The first-order valence-corrected chi connectivity index (χ1v) is 10.8. The normalized spacial score (nSPS) is 18.9. The molecule has 3 heterocycles. The van der Waals surface area contributed by atoms with Gasteiger partial charge in [-0.2, -0.15) is 5.10 Å². The molecule has 0 radical (unpaired) electrons. The predicted octanol–water partition coefficient (Wildman–Crippen LogP) is 4.95. The number of rotatable bonds is 3. The number of aryl methyl sites for hydroxylation is 2. The van der Waals surface area contributed by atoms with Gasteiger partial charge in [0.15, 0.2) is 0 Å². The molecule has 1 aliphatic carbocycles. The molecule has 1 saturated carbocycles. The molecule has 7 nitrogen and oxygen atoms in total. The Hall–Kier alpha value is -3.35. The van der Waals surface area contributed by atoms with Crippen molar-refractivity contribution < 1.29 is 9.52 Å². The van der Waals surface area contributed by atoms with Crippen LogP contribution in [0.5, 0.6) is 5.75 Å². The Kier molecular flexibility index (Phi) is 4.88. The van der Waals surface area contributed by atoms with E-state index in [4.69, 9.17) is 14.5 Å². The minimum Gasteiger partial charge on any atom is -0.507 e. The summed E-state index contributed by atoms with van der Waals surface area (Å²) >= 11 is 0. The average molecular weight is 418 g/mol. The average Bonchev–Trinajstić information content (AvgIpc) is 3.33. The third kappa shape index (κ3) is 3.65. The van der Waals surface area contributed by atoms with Crippen molar-refractivity contribution in [2.45, 2.75) is 58.0 Å². The molecule has 7 heteroatoms. The van der Waals surface area contributed by atoms with Crippen LogP contribution in [0.15, 0.2) is 50.7 Å². The molecule has 2 aromatic heterocycles. The first-order chi connectivity index (χ1) is 15.0. The minimum atomic E-state index is -0.576. The summed E-state index contributed by atoms with van der Waals surface area (Å²) in [4.78, 5) is 17.4. The van der Waals surface area contributed by atoms with E-state index in [2.05, 4.69) is 16.2 Å². The quantitative estimate of drug-likeness (QED) is 0.628. The van der Waals surface area contributed by atoms with Crippen LogP contribution in [-0.2, 0) is 0 Å². The maximum absolute atomic E-state index is 12.6. The monoisotopic (exact) mass is 418 g/mol. The van der Waals surface area contributed by atoms with Crippen molar-refractivity contribution in [3.63, 3.8) is 0 Å². The van der Waals surface area contributed by atoms with Gasteiger partial charge in [-0.05, 0) is 38.8 Å². The highest BCUT2D eigenvalue weighted by molar-refractivity contribution is 6.05. The number of aromatic hydroxyl groups is 1. The van der Waals surface area contributed by atoms with Crippen molar-refractivity contribution in [1.29, 1.82) is 0 Å². The highest BCUT2D eigenvalue weighted by Gasteiger charge is 2.28. The smallest absolute Gasteiger partial charge is 0.348 e. The molecule has 0 unspecified atom stereocenters. The van der Waals surface area contributed by atoms with Gasteiger partial charge in [0.2, 0.25) is 0 Å². The van der Waals surface area contributed by atoms with Gasteiger partial charge in [0.25, 0.3) is 0 Å². The lowest BCUT2D eigenvalue weighted by molar-refractivity contribution is 0.432. The Bertz CT molecular complexity index is 1220. The molecular weight excluding hydrogens is 392 g/mol. The largest absolute Gasteiger partial charge is 0.507 e. The first-order valence-electron chi connectivity index (χ1n) is 10.8. The van der Waals surface area contributed by atoms with Gasteiger partial charge in [0, 0.05) is 24.2 Å². The molecule has 0 bridgehead atoms. The number of benzene rings is 1. The van der Waals surface area contributed by atoms with E-state index in [-0.39, 0.29) is 17.4 Å². The van der Waals surface area contributed by atoms with E-state index in [1.54, 1.807) is 6.92 Å². The topological polar surface area (TPSA) is 92.7 Å². The molecule has 1 aliphatic heterocycles. The molecule has 1 fully saturated rings. The van der Waals surface area contributed by atoms with Gasteiger partial charge in [0.1, 0.15) is 17.1 Å². The Morgan fingerprint density at radius 1 is 1.19 bits per heavy atom. The Morgan fingerprint density at radius 3 is 2.74 bits per heavy atom. The van der Waals surface area contributed by atoms with Crippen LogP contribution in [-0.4, -0.2) is 20.6 Å². The van der Waals surface area contributed by atoms with Gasteiger partial charge in [-0.1, -0.05) is 25.0 Å². The molecule has 1 aromatic carbocycles. The molecule has 0 saturated heterocycles. The lowest BCUT2D eigenvalue weighted by Crippen LogP contribution is -2.20. The van der Waals surface area contributed by atoms with Crippen LogP contribution in [0.3, 0.4) is 0 Å². The SMILES string of the molecule is Cc1cc(O)c(C2=Nc3ccccc3N[C@@H](c3cn(C4CCCC4)nc3C)C2)c(=O)o1. The minimum absolute atomic E-state index is 0.107. The standard InChI is InChI=1S/C24H26N4O3/c1-14-11-22(29)23(24(30)31-14)21-12-20(25-18-9-5-6-10-19(18)26-21)17-13-28(27-15(17)2)16-7-3-4-8-16/h5-6,9-11,13,16,20,25,29H,3-4,7-8,12H2,1-2H3/t20-/m1/s1. The van der Waals surface area contributed by atoms with Crippen molar-refractivity contribution in [2.75, 3.05) is 5.32 Å². The van der Waals surface area contributed by atoms with Gasteiger partial charge < -0.3 is 14.8 Å². The van der Waals surface area contributed by atoms with Crippen LogP contribution in [0.2, 0.25) is 0 Å². The van der Waals surface area contributed by atoms with E-state index in [9.17, 15) is 9.90 Å². The Labute approximate surface area is 180 Å². The maximum atomic E-state index is 12.6. The third-order valence-corrected chi connectivity index (χ3v) is 6.26. The fourth-order valence-electron chi connectivity index (χ4n) is 4.72. The molecule has 2 aliphatic rings. The van der Waals surface area contributed by atoms with Crippen LogP contribution < -0.4 is 10.9 Å². The summed E-state index contributed by atoms with van der Waals surface area (Å²) in [5.74, 6) is 0.258. The summed E-state index contributed by atoms with van der Waals surface area (Å²) < 4.78 is 7.38. The van der Waals surface area contributed by atoms with E-state index in [1.165, 1.54) is 18.9 Å². The van der Waals surface area contributed by atoms with Crippen LogP contribution in [0.25, 0.3) is 0 Å². The van der Waals surface area contributed by atoms with Crippen LogP contribution in [0, 0.1) is 13.8 Å². The summed E-state index contributed by atoms with van der Waals surface area (Å²) in [6, 6.07) is 9.50. The maximum Gasteiger partial charge on any atom is 0.348 e. The van der Waals surface area contributed by atoms with Gasteiger partial charge in [0.05, 0.1) is 34.9 Å². The van der Waals surface area contributed by atoms with Crippen LogP contribution >= 0.6 is 0 Å². The van der Waals surface area contributed by atoms with Crippen LogP contribution in [0.1, 0.15) is 66.8 Å². The molecule has 5 rings (SSSR count). The predicted molar refractivity (Wildman–Crippen MR) is 119 cm³/mol. The number of nitrogens with zero attached hydrogens (tertiary/aromatic N) is 3. The number of nitrogens with one attached hydrogen (secondary N) is 1. The summed E-state index contributed by atoms with van der Waals surface area (Å²) in [6.07, 6.45) is 7.36. The van der Waals surface area contributed by atoms with Gasteiger partial charge in [-0.15, -0.1) is 0 Å². The number of fused-ring (bicyclic) bond motifs is 1. The van der Waals surface area contributed by atoms with Crippen molar-refractivity contribution >= 4 is 17.1 Å². The lowest BCUT2D eigenvalue weighted by Gasteiger charge is -2.18. The second-order valence-corrected chi connectivity index (χ2v) is 8.47. The zero-order valence-electron chi connectivity index (χ0n) is 17.8. The molecule has 0 amide bonds. The van der Waals surface area contributed by atoms with Crippen molar-refractivity contribution in [3.8, 4) is 5.75 Å². The molecule has 1 atom stereocenters. The number of hydrogen-bond acceptors (Lipinski definition) is 6. The first kappa shape index (κ1) is 19.6. The zero-order chi connectivity index (χ0) is 21.5. The molecule has 3 aromatic rings. The van der Waals surface area contributed by atoms with Crippen molar-refractivity contribution in [1.82, 2.24) is 9.78 Å². The number of anilines is 1. The van der Waals surface area contributed by atoms with Crippen molar-refractivity contribution in [2.24, 2.45) is 4.99 Å². The zero-order valence-corrected chi connectivity index (χ0v) is 17.8. The highest BCUT2D eigenvalue weighted by Crippen LogP contribution is 2.38. The van der Waals surface area contributed by atoms with Crippen LogP contribution in [0.4, 0.5) is 11.4 Å². The molecular formula is C24H26N4O3. The molecule has 160 valence electrons. The second kappa shape index (κ2) is 7.72. The summed E-state index contributed by atoms with van der Waals surface area (Å²) in [5, 5.41) is 18.9. The van der Waals surface area contributed by atoms with Gasteiger partial charge in [-0.3, -0.25) is 9.67 Å². The fraction of sp³-hybridized carbons (Fsp3) is 0.375. The molecule has 0 spiro atoms. The third-order valence-electron chi connectivity index (χ3n) is 6.26. The number of para-hydroxylation sites is 2. The van der Waals surface area contributed by atoms with E-state index in [0.717, 1.165) is 35.5 Å². The van der Waals surface area contributed by atoms with Gasteiger partial charge in [-0.25, -0.2) is 4.79 Å². The molecule has 31 heavy (non-hydrogen) atoms. The number of aromatic nitrogens is 2. The van der Waals surface area contributed by atoms with E-state index in [0.29, 0.717) is 23.9 Å². The number of hydrogen-bond donors (Lipinski definition) is 2. The second-order valence-electron chi connectivity index (χ2n) is 8.47. The summed E-state index contributed by atoms with van der Waals surface area (Å²) in [7, 11) is 0. The van der Waals surface area contributed by atoms with E-state index in [1.807, 2.05) is 31.2 Å². The number of aliphatic imine (C=N–C) groups is 1. The Balaban J connectivity index is 1.60. The summed E-state index contributed by atoms with van der Waals surface area (Å²) in [5.41, 5.74) is 3.69. The van der Waals surface area contributed by atoms with Crippen molar-refractivity contribution in [3.05, 3.63) is 69.5 Å². The lowest BCUT2D eigenvalue weighted by atomic mass is 9.98. The highest BCUT2D eigenvalue weighted by atomic mass is 16.4. The van der Waals surface area contributed by atoms with E-state index >= 15 is 0 Å². The van der Waals surface area contributed by atoms with E-state index < -0.39 is 5.63 Å². The Morgan fingerprint density at radius 2 is 1.97 bits per heavy atom. The fourth-order valence-corrected chi connectivity index (χ4v) is 4.72.